The molecule has 0 aromatic heterocycles. The standard InChI is InChI=1S/C18H17NO2/c1-12-8-13(10-19)2-3-15(12)11-21-16-5-6-17-14(9-16)4-7-18(17)20/h2-3,5-6,8-9,18,20H,4,7,11H2,1H3. The summed E-state index contributed by atoms with van der Waals surface area (Å²) in [5, 5.41) is 18.7. The van der Waals surface area contributed by atoms with Gasteiger partial charge in [0.2, 0.25) is 0 Å². The lowest BCUT2D eigenvalue weighted by Gasteiger charge is -2.11. The molecule has 0 amide bonds. The van der Waals surface area contributed by atoms with Crippen molar-refractivity contribution >= 4 is 0 Å². The summed E-state index contributed by atoms with van der Waals surface area (Å²) in [5.41, 5.74) is 5.01. The van der Waals surface area contributed by atoms with Crippen molar-refractivity contribution in [3.05, 3.63) is 64.2 Å². The molecule has 1 unspecified atom stereocenters. The quantitative estimate of drug-likeness (QED) is 0.936. The number of rotatable bonds is 3. The first-order valence-corrected chi connectivity index (χ1v) is 7.10. The highest BCUT2D eigenvalue weighted by atomic mass is 16.5. The third kappa shape index (κ3) is 2.76. The molecule has 0 aliphatic heterocycles. The van der Waals surface area contributed by atoms with Gasteiger partial charge in [0, 0.05) is 0 Å². The van der Waals surface area contributed by atoms with Crippen molar-refractivity contribution in [3.63, 3.8) is 0 Å². The summed E-state index contributed by atoms with van der Waals surface area (Å²) in [6.07, 6.45) is 1.38. The van der Waals surface area contributed by atoms with Crippen LogP contribution >= 0.6 is 0 Å². The Morgan fingerprint density at radius 3 is 2.90 bits per heavy atom. The van der Waals surface area contributed by atoms with Gasteiger partial charge in [0.25, 0.3) is 0 Å². The number of aryl methyl sites for hydroxylation is 2. The van der Waals surface area contributed by atoms with Gasteiger partial charge in [-0.15, -0.1) is 0 Å². The zero-order chi connectivity index (χ0) is 14.8. The largest absolute Gasteiger partial charge is 0.489 e. The van der Waals surface area contributed by atoms with Crippen LogP contribution in [0.15, 0.2) is 36.4 Å². The van der Waals surface area contributed by atoms with Crippen molar-refractivity contribution in [3.8, 4) is 11.8 Å². The second-order valence-electron chi connectivity index (χ2n) is 5.46. The van der Waals surface area contributed by atoms with Crippen molar-refractivity contribution in [2.24, 2.45) is 0 Å². The molecule has 0 heterocycles. The number of nitriles is 1. The van der Waals surface area contributed by atoms with Crippen LogP contribution in [0.1, 0.15) is 40.3 Å². The molecular weight excluding hydrogens is 262 g/mol. The fourth-order valence-electron chi connectivity index (χ4n) is 2.75. The van der Waals surface area contributed by atoms with Crippen LogP contribution in [0.2, 0.25) is 0 Å². The summed E-state index contributed by atoms with van der Waals surface area (Å²) in [7, 11) is 0. The van der Waals surface area contributed by atoms with Crippen molar-refractivity contribution in [2.75, 3.05) is 0 Å². The van der Waals surface area contributed by atoms with E-state index in [0.717, 1.165) is 35.3 Å². The van der Waals surface area contributed by atoms with Crippen LogP contribution < -0.4 is 4.74 Å². The first-order valence-electron chi connectivity index (χ1n) is 7.10. The monoisotopic (exact) mass is 279 g/mol. The van der Waals surface area contributed by atoms with E-state index in [2.05, 4.69) is 6.07 Å². The van der Waals surface area contributed by atoms with Crippen LogP contribution in [0, 0.1) is 18.3 Å². The Balaban J connectivity index is 1.72. The molecule has 3 nitrogen and oxygen atoms in total. The number of fused-ring (bicyclic) bond motifs is 1. The minimum Gasteiger partial charge on any atom is -0.489 e. The van der Waals surface area contributed by atoms with E-state index in [4.69, 9.17) is 10.00 Å². The molecule has 106 valence electrons. The molecule has 0 spiro atoms. The zero-order valence-electron chi connectivity index (χ0n) is 12.0. The minimum atomic E-state index is -0.324. The van der Waals surface area contributed by atoms with E-state index in [-0.39, 0.29) is 6.10 Å². The Morgan fingerprint density at radius 1 is 1.29 bits per heavy atom. The van der Waals surface area contributed by atoms with Crippen LogP contribution in [0.3, 0.4) is 0 Å². The number of benzene rings is 2. The van der Waals surface area contributed by atoms with E-state index in [1.54, 1.807) is 0 Å². The van der Waals surface area contributed by atoms with Gasteiger partial charge in [-0.1, -0.05) is 12.1 Å². The fourth-order valence-corrected chi connectivity index (χ4v) is 2.75. The van der Waals surface area contributed by atoms with Gasteiger partial charge in [-0.05, 0) is 66.3 Å². The number of hydrogen-bond acceptors (Lipinski definition) is 3. The van der Waals surface area contributed by atoms with Crippen LogP contribution in [-0.2, 0) is 13.0 Å². The molecule has 1 aliphatic carbocycles. The Morgan fingerprint density at radius 2 is 2.14 bits per heavy atom. The van der Waals surface area contributed by atoms with E-state index < -0.39 is 0 Å². The van der Waals surface area contributed by atoms with Gasteiger partial charge in [0.15, 0.2) is 0 Å². The first-order chi connectivity index (χ1) is 10.2. The number of aliphatic hydroxyl groups excluding tert-OH is 1. The second kappa shape index (κ2) is 5.59. The predicted octanol–water partition coefficient (Wildman–Crippen LogP) is 3.43. The summed E-state index contributed by atoms with van der Waals surface area (Å²) in [4.78, 5) is 0. The average Bonchev–Trinajstić information content (AvgIpc) is 2.87. The summed E-state index contributed by atoms with van der Waals surface area (Å²) < 4.78 is 5.84. The molecule has 1 atom stereocenters. The Kier molecular flexibility index (Phi) is 3.64. The van der Waals surface area contributed by atoms with Crippen molar-refractivity contribution in [1.29, 1.82) is 5.26 Å². The molecule has 3 rings (SSSR count). The maximum absolute atomic E-state index is 9.80. The number of nitrogens with zero attached hydrogens (tertiary/aromatic N) is 1. The van der Waals surface area contributed by atoms with E-state index in [0.29, 0.717) is 12.2 Å². The summed E-state index contributed by atoms with van der Waals surface area (Å²) in [6, 6.07) is 13.6. The molecule has 2 aromatic carbocycles. The lowest BCUT2D eigenvalue weighted by atomic mass is 10.1. The van der Waals surface area contributed by atoms with E-state index in [1.807, 2.05) is 43.3 Å². The first kappa shape index (κ1) is 13.7. The topological polar surface area (TPSA) is 53.2 Å². The molecule has 21 heavy (non-hydrogen) atoms. The molecule has 0 fully saturated rings. The van der Waals surface area contributed by atoms with E-state index >= 15 is 0 Å². The highest BCUT2D eigenvalue weighted by Crippen LogP contribution is 2.33. The number of hydrogen-bond donors (Lipinski definition) is 1. The van der Waals surface area contributed by atoms with E-state index in [1.165, 1.54) is 5.56 Å². The lowest BCUT2D eigenvalue weighted by molar-refractivity contribution is 0.180. The minimum absolute atomic E-state index is 0.324. The fraction of sp³-hybridized carbons (Fsp3) is 0.278. The maximum atomic E-state index is 9.80. The third-order valence-corrected chi connectivity index (χ3v) is 4.03. The summed E-state index contributed by atoms with van der Waals surface area (Å²) >= 11 is 0. The average molecular weight is 279 g/mol. The Bertz CT molecular complexity index is 716. The normalized spacial score (nSPS) is 16.3. The molecule has 3 heteroatoms. The third-order valence-electron chi connectivity index (χ3n) is 4.03. The maximum Gasteiger partial charge on any atom is 0.120 e. The number of ether oxygens (including phenoxy) is 1. The van der Waals surface area contributed by atoms with Crippen molar-refractivity contribution in [2.45, 2.75) is 32.5 Å². The molecule has 2 aromatic rings. The molecule has 0 bridgehead atoms. The van der Waals surface area contributed by atoms with E-state index in [9.17, 15) is 5.11 Å². The lowest BCUT2D eigenvalue weighted by Crippen LogP contribution is -1.99. The van der Waals surface area contributed by atoms with Gasteiger partial charge in [0.05, 0.1) is 17.7 Å². The summed E-state index contributed by atoms with van der Waals surface area (Å²) in [5.74, 6) is 0.826. The van der Waals surface area contributed by atoms with Crippen molar-refractivity contribution < 1.29 is 9.84 Å². The van der Waals surface area contributed by atoms with Crippen LogP contribution in [0.5, 0.6) is 5.75 Å². The molecule has 1 aliphatic rings. The summed E-state index contributed by atoms with van der Waals surface area (Å²) in [6.45, 7) is 2.47. The smallest absolute Gasteiger partial charge is 0.120 e. The second-order valence-corrected chi connectivity index (χ2v) is 5.46. The van der Waals surface area contributed by atoms with Gasteiger partial charge >= 0.3 is 0 Å². The molecule has 0 saturated heterocycles. The molecule has 0 radical (unpaired) electrons. The van der Waals surface area contributed by atoms with Gasteiger partial charge in [0.1, 0.15) is 12.4 Å². The molecular formula is C18H17NO2. The highest BCUT2D eigenvalue weighted by molar-refractivity contribution is 5.41. The van der Waals surface area contributed by atoms with Gasteiger partial charge < -0.3 is 9.84 Å². The molecule has 0 saturated carbocycles. The van der Waals surface area contributed by atoms with Crippen LogP contribution in [0.4, 0.5) is 0 Å². The Hall–Kier alpha value is -2.31. The highest BCUT2D eigenvalue weighted by Gasteiger charge is 2.20. The zero-order valence-corrected chi connectivity index (χ0v) is 12.0. The van der Waals surface area contributed by atoms with Gasteiger partial charge in [-0.25, -0.2) is 0 Å². The van der Waals surface area contributed by atoms with Gasteiger partial charge in [-0.3, -0.25) is 0 Å². The van der Waals surface area contributed by atoms with Gasteiger partial charge in [-0.2, -0.15) is 5.26 Å². The number of aliphatic hydroxyl groups is 1. The predicted molar refractivity (Wildman–Crippen MR) is 79.9 cm³/mol. The van der Waals surface area contributed by atoms with Crippen molar-refractivity contribution in [1.82, 2.24) is 0 Å². The Labute approximate surface area is 124 Å². The SMILES string of the molecule is Cc1cc(C#N)ccc1COc1ccc2c(c1)CCC2O. The van der Waals surface area contributed by atoms with Crippen LogP contribution in [-0.4, -0.2) is 5.11 Å². The van der Waals surface area contributed by atoms with Crippen LogP contribution in [0.25, 0.3) is 0 Å². The molecule has 1 N–H and O–H groups in total.